The summed E-state index contributed by atoms with van der Waals surface area (Å²) in [4.78, 5) is 0. The molecule has 0 radical (unpaired) electrons. The van der Waals surface area contributed by atoms with Gasteiger partial charge >= 0.3 is 0 Å². The summed E-state index contributed by atoms with van der Waals surface area (Å²) in [5, 5.41) is 4.28. The quantitative estimate of drug-likeness (QED) is 0.862. The van der Waals surface area contributed by atoms with E-state index in [4.69, 9.17) is 4.74 Å². The molecule has 1 N–H and O–H groups in total. The summed E-state index contributed by atoms with van der Waals surface area (Å²) in [7, 11) is 1.49. The molecule has 2 rings (SSSR count). The minimum absolute atomic E-state index is 0.285. The zero-order chi connectivity index (χ0) is 13.7. The maximum atomic E-state index is 13.6. The molecule has 1 saturated carbocycles. The van der Waals surface area contributed by atoms with Crippen molar-refractivity contribution in [3.8, 4) is 5.75 Å². The van der Waals surface area contributed by atoms with Crippen LogP contribution in [0.5, 0.6) is 5.75 Å². The summed E-state index contributed by atoms with van der Waals surface area (Å²) < 4.78 is 18.5. The number of hydrogen-bond donors (Lipinski definition) is 1. The Hall–Kier alpha value is -0.740. The van der Waals surface area contributed by atoms with E-state index in [1.54, 1.807) is 12.1 Å². The molecule has 0 bridgehead atoms. The van der Waals surface area contributed by atoms with Crippen LogP contribution in [0.25, 0.3) is 0 Å². The highest BCUT2D eigenvalue weighted by Crippen LogP contribution is 2.30. The average Bonchev–Trinajstić information content (AvgIpc) is 2.84. The molecular weight excluding hydrogens is 261 g/mol. The monoisotopic (exact) mass is 283 g/mol. The van der Waals surface area contributed by atoms with Crippen LogP contribution in [-0.4, -0.2) is 24.2 Å². The SMILES string of the molecule is CCSC1CCCC1NCc1ccc(OC)c(F)c1. The maximum absolute atomic E-state index is 13.6. The van der Waals surface area contributed by atoms with Crippen LogP contribution in [0.15, 0.2) is 18.2 Å². The summed E-state index contributed by atoms with van der Waals surface area (Å²) in [5.74, 6) is 1.19. The van der Waals surface area contributed by atoms with E-state index in [1.165, 1.54) is 32.1 Å². The number of halogens is 1. The summed E-state index contributed by atoms with van der Waals surface area (Å²) in [6, 6.07) is 5.74. The van der Waals surface area contributed by atoms with E-state index < -0.39 is 0 Å². The molecule has 1 fully saturated rings. The Kier molecular flexibility index (Phi) is 5.52. The van der Waals surface area contributed by atoms with E-state index in [0.717, 1.165) is 12.1 Å². The number of methoxy groups -OCH3 is 1. The summed E-state index contributed by atoms with van der Waals surface area (Å²) in [6.07, 6.45) is 3.83. The van der Waals surface area contributed by atoms with E-state index in [2.05, 4.69) is 12.2 Å². The van der Waals surface area contributed by atoms with Gasteiger partial charge in [-0.25, -0.2) is 4.39 Å². The third-order valence-electron chi connectivity index (χ3n) is 3.62. The molecule has 2 unspecified atom stereocenters. The van der Waals surface area contributed by atoms with Crippen molar-refractivity contribution < 1.29 is 9.13 Å². The fourth-order valence-electron chi connectivity index (χ4n) is 2.64. The smallest absolute Gasteiger partial charge is 0.165 e. The molecule has 0 heterocycles. The van der Waals surface area contributed by atoms with Crippen molar-refractivity contribution in [2.45, 2.75) is 44.0 Å². The molecule has 0 spiro atoms. The molecule has 1 aliphatic rings. The van der Waals surface area contributed by atoms with Gasteiger partial charge in [0.15, 0.2) is 11.6 Å². The Morgan fingerprint density at radius 2 is 2.26 bits per heavy atom. The highest BCUT2D eigenvalue weighted by atomic mass is 32.2. The normalized spacial score (nSPS) is 22.7. The van der Waals surface area contributed by atoms with Crippen molar-refractivity contribution in [1.29, 1.82) is 0 Å². The lowest BCUT2D eigenvalue weighted by Gasteiger charge is -2.20. The van der Waals surface area contributed by atoms with E-state index in [9.17, 15) is 4.39 Å². The number of thioether (sulfide) groups is 1. The molecular formula is C15H22FNOS. The number of nitrogens with one attached hydrogen (secondary N) is 1. The van der Waals surface area contributed by atoms with Crippen LogP contribution in [0.4, 0.5) is 4.39 Å². The van der Waals surface area contributed by atoms with Crippen molar-refractivity contribution in [3.63, 3.8) is 0 Å². The van der Waals surface area contributed by atoms with Crippen molar-refractivity contribution in [1.82, 2.24) is 5.32 Å². The molecule has 0 aliphatic heterocycles. The minimum Gasteiger partial charge on any atom is -0.494 e. The Bertz CT molecular complexity index is 413. The summed E-state index contributed by atoms with van der Waals surface area (Å²) in [5.41, 5.74) is 0.977. The molecule has 1 aliphatic carbocycles. The second-order valence-electron chi connectivity index (χ2n) is 4.88. The van der Waals surface area contributed by atoms with Crippen LogP contribution in [0.2, 0.25) is 0 Å². The lowest BCUT2D eigenvalue weighted by Crippen LogP contribution is -2.33. The lowest BCUT2D eigenvalue weighted by molar-refractivity contribution is 0.386. The molecule has 0 saturated heterocycles. The third kappa shape index (κ3) is 3.86. The van der Waals surface area contributed by atoms with Gasteiger partial charge in [0.05, 0.1) is 7.11 Å². The molecule has 1 aromatic rings. The predicted octanol–water partition coefficient (Wildman–Crippen LogP) is 3.60. The van der Waals surface area contributed by atoms with E-state index in [0.29, 0.717) is 17.0 Å². The third-order valence-corrected chi connectivity index (χ3v) is 4.94. The van der Waals surface area contributed by atoms with E-state index in [-0.39, 0.29) is 5.82 Å². The van der Waals surface area contributed by atoms with Gasteiger partial charge in [-0.3, -0.25) is 0 Å². The molecule has 19 heavy (non-hydrogen) atoms. The topological polar surface area (TPSA) is 21.3 Å². The van der Waals surface area contributed by atoms with Crippen molar-refractivity contribution in [3.05, 3.63) is 29.6 Å². The summed E-state index contributed by atoms with van der Waals surface area (Å²) in [6.45, 7) is 2.94. The lowest BCUT2D eigenvalue weighted by atomic mass is 10.2. The number of ether oxygens (including phenoxy) is 1. The maximum Gasteiger partial charge on any atom is 0.165 e. The standard InChI is InChI=1S/C15H22FNOS/c1-3-19-15-6-4-5-13(15)17-10-11-7-8-14(18-2)12(16)9-11/h7-9,13,15,17H,3-6,10H2,1-2H3. The van der Waals surface area contributed by atoms with E-state index in [1.807, 2.05) is 17.8 Å². The van der Waals surface area contributed by atoms with Gasteiger partial charge in [-0.2, -0.15) is 11.8 Å². The Balaban J connectivity index is 1.89. The van der Waals surface area contributed by atoms with Gasteiger partial charge in [0.25, 0.3) is 0 Å². The number of hydrogen-bond acceptors (Lipinski definition) is 3. The predicted molar refractivity (Wildman–Crippen MR) is 79.4 cm³/mol. The van der Waals surface area contributed by atoms with Gasteiger partial charge in [0, 0.05) is 17.8 Å². The largest absolute Gasteiger partial charge is 0.494 e. The van der Waals surface area contributed by atoms with Gasteiger partial charge in [0.1, 0.15) is 0 Å². The summed E-state index contributed by atoms with van der Waals surface area (Å²) >= 11 is 2.03. The highest BCUT2D eigenvalue weighted by molar-refractivity contribution is 7.99. The highest BCUT2D eigenvalue weighted by Gasteiger charge is 2.26. The van der Waals surface area contributed by atoms with Crippen LogP contribution in [0.1, 0.15) is 31.7 Å². The first-order valence-electron chi connectivity index (χ1n) is 6.92. The first-order chi connectivity index (χ1) is 9.24. The van der Waals surface area contributed by atoms with Gasteiger partial charge < -0.3 is 10.1 Å². The van der Waals surface area contributed by atoms with Gasteiger partial charge in [-0.15, -0.1) is 0 Å². The number of benzene rings is 1. The Morgan fingerprint density at radius 3 is 2.95 bits per heavy atom. The zero-order valence-electron chi connectivity index (χ0n) is 11.6. The fourth-order valence-corrected chi connectivity index (χ4v) is 3.87. The minimum atomic E-state index is -0.285. The van der Waals surface area contributed by atoms with Gasteiger partial charge in [-0.1, -0.05) is 19.4 Å². The molecule has 106 valence electrons. The first-order valence-corrected chi connectivity index (χ1v) is 7.97. The van der Waals surface area contributed by atoms with Gasteiger partial charge in [0.2, 0.25) is 0 Å². The van der Waals surface area contributed by atoms with Crippen LogP contribution in [-0.2, 0) is 6.54 Å². The average molecular weight is 283 g/mol. The molecule has 2 nitrogen and oxygen atoms in total. The van der Waals surface area contributed by atoms with Crippen LogP contribution < -0.4 is 10.1 Å². The van der Waals surface area contributed by atoms with Crippen molar-refractivity contribution in [2.75, 3.05) is 12.9 Å². The molecule has 0 amide bonds. The number of rotatable bonds is 6. The second kappa shape index (κ2) is 7.15. The Morgan fingerprint density at radius 1 is 1.42 bits per heavy atom. The molecule has 0 aromatic heterocycles. The molecule has 2 atom stereocenters. The van der Waals surface area contributed by atoms with Crippen LogP contribution in [0, 0.1) is 5.82 Å². The van der Waals surface area contributed by atoms with Crippen molar-refractivity contribution >= 4 is 11.8 Å². The zero-order valence-corrected chi connectivity index (χ0v) is 12.4. The van der Waals surface area contributed by atoms with Crippen LogP contribution in [0.3, 0.4) is 0 Å². The van der Waals surface area contributed by atoms with Crippen molar-refractivity contribution in [2.24, 2.45) is 0 Å². The van der Waals surface area contributed by atoms with Crippen LogP contribution >= 0.6 is 11.8 Å². The molecule has 1 aromatic carbocycles. The fraction of sp³-hybridized carbons (Fsp3) is 0.600. The Labute approximate surface area is 119 Å². The molecule has 4 heteroatoms. The van der Waals surface area contributed by atoms with Gasteiger partial charge in [-0.05, 0) is 36.3 Å². The van der Waals surface area contributed by atoms with E-state index >= 15 is 0 Å². The first kappa shape index (κ1) is 14.7. The second-order valence-corrected chi connectivity index (χ2v) is 6.40.